The highest BCUT2D eigenvalue weighted by Gasteiger charge is 2.19. The molecule has 3 aromatic rings. The van der Waals surface area contributed by atoms with E-state index in [-0.39, 0.29) is 0 Å². The topological polar surface area (TPSA) is 96.1 Å². The molecule has 0 fully saturated rings. The highest BCUT2D eigenvalue weighted by molar-refractivity contribution is 5.56. The van der Waals surface area contributed by atoms with Crippen molar-refractivity contribution in [1.29, 1.82) is 0 Å². The van der Waals surface area contributed by atoms with Gasteiger partial charge >= 0.3 is 0 Å². The molecule has 1 aliphatic rings. The van der Waals surface area contributed by atoms with E-state index in [1.807, 2.05) is 24.3 Å². The molecule has 1 aliphatic heterocycles. The van der Waals surface area contributed by atoms with E-state index in [0.29, 0.717) is 18.1 Å². The zero-order valence-corrected chi connectivity index (χ0v) is 14.4. The van der Waals surface area contributed by atoms with E-state index in [4.69, 9.17) is 9.40 Å². The summed E-state index contributed by atoms with van der Waals surface area (Å²) < 4.78 is 5.47. The fraction of sp³-hybridized carbons (Fsp3) is 0.316. The van der Waals surface area contributed by atoms with Crippen molar-refractivity contribution >= 4 is 5.82 Å². The summed E-state index contributed by atoms with van der Waals surface area (Å²) in [5.74, 6) is 1.96. The predicted molar refractivity (Wildman–Crippen MR) is 97.7 cm³/mol. The van der Waals surface area contributed by atoms with Crippen LogP contribution < -0.4 is 10.6 Å². The minimum atomic E-state index is -0.662. The molecule has 3 N–H and O–H groups in total. The standard InChI is InChI=1S/C19H21N5O2/c25-16(13-3-1-7-21-11-13)12-22-18-14-5-8-20-9-6-15(14)23-19(24-18)17-4-2-10-26-17/h1-4,7,10-11,16,20,25H,5-6,8-9,12H2,(H,22,23,24)/t16-/m0/s1. The first kappa shape index (κ1) is 16.7. The van der Waals surface area contributed by atoms with Gasteiger partial charge in [-0.05, 0) is 31.2 Å². The van der Waals surface area contributed by atoms with Crippen LogP contribution in [0.1, 0.15) is 22.9 Å². The number of hydrogen-bond acceptors (Lipinski definition) is 7. The van der Waals surface area contributed by atoms with Crippen LogP contribution >= 0.6 is 0 Å². The molecule has 0 unspecified atom stereocenters. The Morgan fingerprint density at radius 1 is 1.19 bits per heavy atom. The number of anilines is 1. The first-order valence-electron chi connectivity index (χ1n) is 8.77. The Balaban J connectivity index is 1.62. The van der Waals surface area contributed by atoms with Crippen LogP contribution in [0.25, 0.3) is 11.6 Å². The number of aliphatic hydroxyl groups is 1. The molecule has 0 saturated heterocycles. The summed E-state index contributed by atoms with van der Waals surface area (Å²) in [6.45, 7) is 2.12. The van der Waals surface area contributed by atoms with Crippen LogP contribution in [0.5, 0.6) is 0 Å². The van der Waals surface area contributed by atoms with Gasteiger partial charge in [-0.2, -0.15) is 0 Å². The maximum Gasteiger partial charge on any atom is 0.197 e. The van der Waals surface area contributed by atoms with Crippen LogP contribution in [-0.2, 0) is 12.8 Å². The average molecular weight is 351 g/mol. The summed E-state index contributed by atoms with van der Waals surface area (Å²) in [6.07, 6.45) is 6.00. The first-order chi connectivity index (χ1) is 12.8. The highest BCUT2D eigenvalue weighted by Crippen LogP contribution is 2.25. The lowest BCUT2D eigenvalue weighted by atomic mass is 10.1. The van der Waals surface area contributed by atoms with Crippen LogP contribution in [0.2, 0.25) is 0 Å². The molecule has 0 aliphatic carbocycles. The van der Waals surface area contributed by atoms with E-state index in [1.54, 1.807) is 18.7 Å². The Morgan fingerprint density at radius 2 is 2.12 bits per heavy atom. The molecule has 7 heteroatoms. The third-order valence-corrected chi connectivity index (χ3v) is 4.46. The third-order valence-electron chi connectivity index (χ3n) is 4.46. The molecule has 0 radical (unpaired) electrons. The van der Waals surface area contributed by atoms with E-state index in [1.165, 1.54) is 0 Å². The number of furan rings is 1. The summed E-state index contributed by atoms with van der Waals surface area (Å²) in [7, 11) is 0. The van der Waals surface area contributed by atoms with Gasteiger partial charge in [0.1, 0.15) is 5.82 Å². The second-order valence-electron chi connectivity index (χ2n) is 6.23. The Bertz CT molecular complexity index is 852. The SMILES string of the molecule is O[C@@H](CNc1nc(-c2ccco2)nc2c1CCNCC2)c1cccnc1. The lowest BCUT2D eigenvalue weighted by Gasteiger charge is -2.16. The fourth-order valence-electron chi connectivity index (χ4n) is 3.09. The summed E-state index contributed by atoms with van der Waals surface area (Å²) >= 11 is 0. The largest absolute Gasteiger partial charge is 0.461 e. The maximum absolute atomic E-state index is 10.4. The van der Waals surface area contributed by atoms with Crippen molar-refractivity contribution in [1.82, 2.24) is 20.3 Å². The van der Waals surface area contributed by atoms with Crippen molar-refractivity contribution < 1.29 is 9.52 Å². The zero-order chi connectivity index (χ0) is 17.8. The number of hydrogen-bond donors (Lipinski definition) is 3. The van der Waals surface area contributed by atoms with Gasteiger partial charge < -0.3 is 20.2 Å². The number of pyridine rings is 1. The molecule has 0 bridgehead atoms. The average Bonchev–Trinajstić information content (AvgIpc) is 3.12. The zero-order valence-electron chi connectivity index (χ0n) is 14.4. The first-order valence-corrected chi connectivity index (χ1v) is 8.77. The third kappa shape index (κ3) is 3.58. The minimum absolute atomic E-state index is 0.347. The number of aromatic nitrogens is 3. The maximum atomic E-state index is 10.4. The highest BCUT2D eigenvalue weighted by atomic mass is 16.3. The lowest BCUT2D eigenvalue weighted by Crippen LogP contribution is -2.17. The molecule has 0 spiro atoms. The molecule has 3 aromatic heterocycles. The lowest BCUT2D eigenvalue weighted by molar-refractivity contribution is 0.191. The number of nitrogens with one attached hydrogen (secondary N) is 2. The summed E-state index contributed by atoms with van der Waals surface area (Å²) in [4.78, 5) is 13.4. The summed E-state index contributed by atoms with van der Waals surface area (Å²) in [5.41, 5.74) is 2.89. The van der Waals surface area contributed by atoms with Gasteiger partial charge in [-0.1, -0.05) is 6.07 Å². The summed E-state index contributed by atoms with van der Waals surface area (Å²) in [5, 5.41) is 17.1. The van der Waals surface area contributed by atoms with E-state index in [9.17, 15) is 5.11 Å². The molecule has 0 saturated carbocycles. The molecule has 4 heterocycles. The van der Waals surface area contributed by atoms with Crippen molar-refractivity contribution in [2.45, 2.75) is 18.9 Å². The fourth-order valence-corrected chi connectivity index (χ4v) is 3.09. The van der Waals surface area contributed by atoms with E-state index < -0.39 is 6.10 Å². The van der Waals surface area contributed by atoms with Gasteiger partial charge in [0.2, 0.25) is 0 Å². The van der Waals surface area contributed by atoms with Crippen molar-refractivity contribution in [2.75, 3.05) is 25.0 Å². The van der Waals surface area contributed by atoms with Gasteiger partial charge in [0.05, 0.1) is 18.1 Å². The second kappa shape index (κ2) is 7.63. The molecular weight excluding hydrogens is 330 g/mol. The molecular formula is C19H21N5O2. The predicted octanol–water partition coefficient (Wildman–Crippen LogP) is 1.97. The van der Waals surface area contributed by atoms with Gasteiger partial charge in [0.25, 0.3) is 0 Å². The van der Waals surface area contributed by atoms with Crippen molar-refractivity contribution in [3.63, 3.8) is 0 Å². The molecule has 0 aromatic carbocycles. The Morgan fingerprint density at radius 3 is 2.92 bits per heavy atom. The normalized spacial score (nSPS) is 15.1. The van der Waals surface area contributed by atoms with Crippen LogP contribution in [0.4, 0.5) is 5.82 Å². The molecule has 0 amide bonds. The van der Waals surface area contributed by atoms with Gasteiger partial charge in [-0.25, -0.2) is 9.97 Å². The van der Waals surface area contributed by atoms with Crippen LogP contribution in [0, 0.1) is 0 Å². The van der Waals surface area contributed by atoms with Crippen molar-refractivity contribution in [2.24, 2.45) is 0 Å². The van der Waals surface area contributed by atoms with Gasteiger partial charge in [0.15, 0.2) is 11.6 Å². The number of nitrogens with zero attached hydrogens (tertiary/aromatic N) is 3. The molecule has 1 atom stereocenters. The van der Waals surface area contributed by atoms with Gasteiger partial charge in [-0.15, -0.1) is 0 Å². The number of fused-ring (bicyclic) bond motifs is 1. The summed E-state index contributed by atoms with van der Waals surface area (Å²) in [6, 6.07) is 7.35. The second-order valence-corrected chi connectivity index (χ2v) is 6.23. The molecule has 4 rings (SSSR count). The van der Waals surface area contributed by atoms with Crippen molar-refractivity contribution in [3.05, 3.63) is 59.7 Å². The Kier molecular flexibility index (Phi) is 4.90. The molecule has 134 valence electrons. The van der Waals surface area contributed by atoms with Crippen LogP contribution in [0.3, 0.4) is 0 Å². The monoisotopic (exact) mass is 351 g/mol. The van der Waals surface area contributed by atoms with Crippen molar-refractivity contribution in [3.8, 4) is 11.6 Å². The van der Waals surface area contributed by atoms with Gasteiger partial charge in [0, 0.05) is 43.0 Å². The van der Waals surface area contributed by atoms with Crippen LogP contribution in [0.15, 0.2) is 47.3 Å². The van der Waals surface area contributed by atoms with Gasteiger partial charge in [-0.3, -0.25) is 4.98 Å². The smallest absolute Gasteiger partial charge is 0.197 e. The molecule has 7 nitrogen and oxygen atoms in total. The van der Waals surface area contributed by atoms with E-state index >= 15 is 0 Å². The quantitative estimate of drug-likeness (QED) is 0.647. The Hall–Kier alpha value is -2.77. The number of aliphatic hydroxyl groups excluding tert-OH is 1. The Labute approximate surface area is 151 Å². The van der Waals surface area contributed by atoms with E-state index in [2.05, 4.69) is 20.6 Å². The minimum Gasteiger partial charge on any atom is -0.461 e. The van der Waals surface area contributed by atoms with Crippen LogP contribution in [-0.4, -0.2) is 39.7 Å². The number of rotatable bonds is 5. The molecule has 26 heavy (non-hydrogen) atoms. The van der Waals surface area contributed by atoms with E-state index in [0.717, 1.165) is 48.6 Å².